The third-order valence-corrected chi connectivity index (χ3v) is 12.5. The summed E-state index contributed by atoms with van der Waals surface area (Å²) >= 11 is 0. The smallest absolute Gasteiger partial charge is 0.202 e. The zero-order valence-electron chi connectivity index (χ0n) is 35.3. The zero-order valence-corrected chi connectivity index (χ0v) is 35.3. The Kier molecular flexibility index (Phi) is 15.7. The maximum Gasteiger partial charge on any atom is 0.202 e. The average molecular weight is 859 g/mol. The molecule has 0 amide bonds. The second kappa shape index (κ2) is 20.3. The predicted molar refractivity (Wildman–Crippen MR) is 206 cm³/mol. The average Bonchev–Trinajstić information content (AvgIpc) is 3.19. The van der Waals surface area contributed by atoms with E-state index in [4.69, 9.17) is 56.8 Å². The highest BCUT2D eigenvalue weighted by molar-refractivity contribution is 5.30. The van der Waals surface area contributed by atoms with E-state index in [0.717, 1.165) is 0 Å². The van der Waals surface area contributed by atoms with Crippen LogP contribution >= 0.6 is 0 Å². The number of rotatable bonds is 12. The van der Waals surface area contributed by atoms with Crippen LogP contribution in [0.3, 0.4) is 0 Å². The topological polar surface area (TPSA) is 232 Å². The molecule has 7 rings (SSSR count). The molecule has 6 aliphatic heterocycles. The highest BCUT2D eigenvalue weighted by atomic mass is 16.8. The molecule has 22 atom stereocenters. The molecule has 342 valence electrons. The fraction of sp³-hybridized carbons (Fsp3) is 0.857. The second-order valence-electron chi connectivity index (χ2n) is 17.2. The molecule has 60 heavy (non-hydrogen) atoms. The molecule has 1 aromatic rings. The van der Waals surface area contributed by atoms with Crippen molar-refractivity contribution in [2.24, 2.45) is 0 Å². The third kappa shape index (κ3) is 11.5. The maximum atomic E-state index is 11.1. The lowest BCUT2D eigenvalue weighted by atomic mass is 9.99. The van der Waals surface area contributed by atoms with Crippen LogP contribution in [0, 0.1) is 0 Å². The summed E-state index contributed by atoms with van der Waals surface area (Å²) in [6.07, 6.45) is -11.9. The van der Waals surface area contributed by atoms with Gasteiger partial charge in [0.1, 0.15) is 35.9 Å². The minimum atomic E-state index is -0.961. The molecule has 0 unspecified atom stereocenters. The summed E-state index contributed by atoms with van der Waals surface area (Å²) in [5.74, 6) is 0.610. The number of ether oxygens (including phenoxy) is 12. The third-order valence-electron chi connectivity index (χ3n) is 12.5. The molecular formula is C42H66O18. The van der Waals surface area contributed by atoms with Crippen LogP contribution in [-0.4, -0.2) is 166 Å². The van der Waals surface area contributed by atoms with Crippen molar-refractivity contribution in [1.29, 1.82) is 0 Å². The highest BCUT2D eigenvalue weighted by Crippen LogP contribution is 2.36. The van der Waals surface area contributed by atoms with Gasteiger partial charge in [-0.05, 0) is 78.6 Å². The first-order valence-corrected chi connectivity index (χ1v) is 21.7. The Bertz CT molecular complexity index is 1460. The minimum Gasteiger partial charge on any atom is -0.508 e. The van der Waals surface area contributed by atoms with Crippen molar-refractivity contribution in [2.75, 3.05) is 0 Å². The lowest BCUT2D eigenvalue weighted by Gasteiger charge is -2.45. The van der Waals surface area contributed by atoms with Crippen LogP contribution in [-0.2, 0) is 52.1 Å². The Labute approximate surface area is 351 Å². The van der Waals surface area contributed by atoms with Crippen LogP contribution in [0.2, 0.25) is 0 Å². The fourth-order valence-corrected chi connectivity index (χ4v) is 8.87. The number of hydrogen-bond donors (Lipinski definition) is 6. The largest absolute Gasteiger partial charge is 0.508 e. The Balaban J connectivity index is 0.870. The second-order valence-corrected chi connectivity index (χ2v) is 17.2. The van der Waals surface area contributed by atoms with E-state index in [-0.39, 0.29) is 43.6 Å². The highest BCUT2D eigenvalue weighted by Gasteiger charge is 2.47. The summed E-state index contributed by atoms with van der Waals surface area (Å²) in [5, 5.41) is 63.6. The molecule has 0 radical (unpaired) electrons. The monoisotopic (exact) mass is 858 g/mol. The van der Waals surface area contributed by atoms with Crippen molar-refractivity contribution in [3.05, 3.63) is 24.3 Å². The number of hydrogen-bond acceptors (Lipinski definition) is 18. The van der Waals surface area contributed by atoms with Crippen molar-refractivity contribution >= 4 is 0 Å². The first-order valence-electron chi connectivity index (χ1n) is 21.7. The van der Waals surface area contributed by atoms with Gasteiger partial charge in [-0.25, -0.2) is 0 Å². The molecule has 6 heterocycles. The molecule has 6 aliphatic rings. The standard InChI is InChI=1S/C42H66O18/c1-19-27(44)11-13-33(49-19)57-30-16-37(52-21(3)39(30)46)59-32-17-36(51-22(4)41(32)48)56-29-12-14-34(50-20(29)2)58-31-18-38(53-23(5)40(31)47)60-42-24(6)54-35(15-28(42)45)55-26-9-7-25(43)8-10-26/h7-10,19-24,27-48H,11-18H2,1-6H3/t19-,20-,21+,22+,23+,24+,27-,28+,29-,30+,31+,32+,33-,34-,35-,36-,37-,38-,39+,40+,41+,42+/m0/s1. The van der Waals surface area contributed by atoms with Crippen LogP contribution in [0.1, 0.15) is 92.9 Å². The van der Waals surface area contributed by atoms with Gasteiger partial charge in [0, 0.05) is 38.5 Å². The maximum absolute atomic E-state index is 11.1. The van der Waals surface area contributed by atoms with Gasteiger partial charge in [-0.1, -0.05) is 0 Å². The minimum absolute atomic E-state index is 0.114. The molecule has 6 N–H and O–H groups in total. The van der Waals surface area contributed by atoms with Gasteiger partial charge in [0.25, 0.3) is 0 Å². The van der Waals surface area contributed by atoms with E-state index < -0.39 is 123 Å². The SMILES string of the molecule is C[C@@H]1O[C@@H](O[C@@H]2C[C@H](O[C@H]3[C@H](O)C[C@H](Oc4ccc(O)cc4)O[C@@H]3C)O[C@H](C)[C@H]2O)CC[C@@H]1O[C@H]1C[C@@H](O[C@H]2C[C@@H](O[C@H]3CC[C@H](O)[C@H](C)O3)[C@H](O)[C@@H](C)O2)[C@H](O)[C@@H](C)O1. The fourth-order valence-electron chi connectivity index (χ4n) is 8.87. The molecule has 6 fully saturated rings. The van der Waals surface area contributed by atoms with Gasteiger partial charge in [-0.3, -0.25) is 0 Å². The van der Waals surface area contributed by atoms with E-state index in [9.17, 15) is 30.6 Å². The van der Waals surface area contributed by atoms with Crippen molar-refractivity contribution in [3.8, 4) is 11.5 Å². The number of aromatic hydroxyl groups is 1. The van der Waals surface area contributed by atoms with E-state index in [2.05, 4.69) is 0 Å². The first-order chi connectivity index (χ1) is 28.6. The predicted octanol–water partition coefficient (Wildman–Crippen LogP) is 2.09. The number of aliphatic hydroxyl groups excluding tert-OH is 5. The van der Waals surface area contributed by atoms with Crippen LogP contribution in [0.5, 0.6) is 11.5 Å². The summed E-state index contributed by atoms with van der Waals surface area (Å²) in [7, 11) is 0. The molecule has 0 spiro atoms. The molecule has 1 aromatic carbocycles. The zero-order chi connectivity index (χ0) is 42.8. The van der Waals surface area contributed by atoms with E-state index in [0.29, 0.717) is 31.4 Å². The number of phenolic OH excluding ortho intramolecular Hbond substituents is 1. The number of benzene rings is 1. The number of phenols is 1. The van der Waals surface area contributed by atoms with Crippen LogP contribution in [0.25, 0.3) is 0 Å². The summed E-state index contributed by atoms with van der Waals surface area (Å²) in [6, 6.07) is 6.25. The molecule has 0 bridgehead atoms. The van der Waals surface area contributed by atoms with E-state index in [1.165, 1.54) is 12.1 Å². The van der Waals surface area contributed by atoms with Gasteiger partial charge < -0.3 is 87.5 Å². The van der Waals surface area contributed by atoms with E-state index >= 15 is 0 Å². The lowest BCUT2D eigenvalue weighted by Crippen LogP contribution is -2.56. The van der Waals surface area contributed by atoms with E-state index in [1.54, 1.807) is 46.8 Å². The Hall–Kier alpha value is -1.82. The quantitative estimate of drug-likeness (QED) is 0.177. The van der Waals surface area contributed by atoms with Crippen LogP contribution in [0.15, 0.2) is 24.3 Å². The molecule has 18 nitrogen and oxygen atoms in total. The van der Waals surface area contributed by atoms with Gasteiger partial charge in [0.05, 0.1) is 73.2 Å². The van der Waals surface area contributed by atoms with Gasteiger partial charge in [0.2, 0.25) is 6.29 Å². The van der Waals surface area contributed by atoms with Crippen molar-refractivity contribution in [2.45, 2.75) is 228 Å². The molecule has 0 aliphatic carbocycles. The molecule has 0 saturated carbocycles. The van der Waals surface area contributed by atoms with E-state index in [1.807, 2.05) is 6.92 Å². The van der Waals surface area contributed by atoms with Gasteiger partial charge in [0.15, 0.2) is 31.5 Å². The molecular weight excluding hydrogens is 792 g/mol. The Morgan fingerprint density at radius 1 is 0.417 bits per heavy atom. The Morgan fingerprint density at radius 2 is 0.850 bits per heavy atom. The summed E-state index contributed by atoms with van der Waals surface area (Å²) in [5.41, 5.74) is 0. The van der Waals surface area contributed by atoms with Crippen molar-refractivity contribution < 1.29 is 87.5 Å². The summed E-state index contributed by atoms with van der Waals surface area (Å²) in [6.45, 7) is 10.7. The van der Waals surface area contributed by atoms with Crippen LogP contribution < -0.4 is 4.74 Å². The van der Waals surface area contributed by atoms with Gasteiger partial charge in [-0.2, -0.15) is 0 Å². The Morgan fingerprint density at radius 3 is 1.35 bits per heavy atom. The van der Waals surface area contributed by atoms with Crippen molar-refractivity contribution in [1.82, 2.24) is 0 Å². The molecule has 6 saturated heterocycles. The number of aliphatic hydroxyl groups is 5. The lowest BCUT2D eigenvalue weighted by molar-refractivity contribution is -0.338. The summed E-state index contributed by atoms with van der Waals surface area (Å²) < 4.78 is 73.5. The van der Waals surface area contributed by atoms with Crippen LogP contribution in [0.4, 0.5) is 0 Å². The normalized spacial score (nSPS) is 48.0. The molecule has 18 heteroatoms. The summed E-state index contributed by atoms with van der Waals surface area (Å²) in [4.78, 5) is 0. The van der Waals surface area contributed by atoms with Gasteiger partial charge in [-0.15, -0.1) is 0 Å². The first kappa shape index (κ1) is 46.2. The van der Waals surface area contributed by atoms with Crippen molar-refractivity contribution in [3.63, 3.8) is 0 Å². The van der Waals surface area contributed by atoms with Gasteiger partial charge >= 0.3 is 0 Å². The molecule has 0 aromatic heterocycles.